The molecular weight excluding hydrogens is 316 g/mol. The molecule has 4 heteroatoms. The number of ketones is 1. The SMILES string of the molecule is CCOc1cc(C(C)C(=O)OC)cc2c1C(=O)c1ccccc1CC2. The van der Waals surface area contributed by atoms with E-state index in [9.17, 15) is 9.59 Å². The summed E-state index contributed by atoms with van der Waals surface area (Å²) in [5, 5.41) is 0. The summed E-state index contributed by atoms with van der Waals surface area (Å²) >= 11 is 0. The van der Waals surface area contributed by atoms with Crippen LogP contribution in [0.25, 0.3) is 0 Å². The lowest BCUT2D eigenvalue weighted by Crippen LogP contribution is -2.14. The Hall–Kier alpha value is -2.62. The predicted molar refractivity (Wildman–Crippen MR) is 95.3 cm³/mol. The molecule has 0 aliphatic heterocycles. The Morgan fingerprint density at radius 3 is 2.60 bits per heavy atom. The van der Waals surface area contributed by atoms with E-state index >= 15 is 0 Å². The molecule has 1 aliphatic carbocycles. The number of methoxy groups -OCH3 is 1. The summed E-state index contributed by atoms with van der Waals surface area (Å²) in [7, 11) is 1.38. The molecule has 0 saturated carbocycles. The van der Waals surface area contributed by atoms with Gasteiger partial charge in [-0.1, -0.05) is 30.3 Å². The number of carbonyl (C=O) groups excluding carboxylic acids is 2. The molecule has 0 aromatic heterocycles. The molecule has 0 spiro atoms. The van der Waals surface area contributed by atoms with Crippen molar-refractivity contribution in [3.05, 3.63) is 64.2 Å². The molecule has 2 aromatic carbocycles. The van der Waals surface area contributed by atoms with E-state index in [0.29, 0.717) is 17.9 Å². The number of rotatable bonds is 4. The predicted octanol–water partition coefficient (Wildman–Crippen LogP) is 3.69. The molecule has 1 aliphatic rings. The lowest BCUT2D eigenvalue weighted by Gasteiger charge is -2.17. The molecule has 25 heavy (non-hydrogen) atoms. The van der Waals surface area contributed by atoms with E-state index in [-0.39, 0.29) is 11.8 Å². The third-order valence-corrected chi connectivity index (χ3v) is 4.71. The minimum absolute atomic E-state index is 0.0104. The quantitative estimate of drug-likeness (QED) is 0.798. The Labute approximate surface area is 147 Å². The number of aryl methyl sites for hydroxylation is 2. The molecule has 0 amide bonds. The van der Waals surface area contributed by atoms with Crippen LogP contribution in [0, 0.1) is 0 Å². The maximum Gasteiger partial charge on any atom is 0.312 e. The van der Waals surface area contributed by atoms with Crippen molar-refractivity contribution in [2.45, 2.75) is 32.6 Å². The van der Waals surface area contributed by atoms with Gasteiger partial charge in [0.2, 0.25) is 0 Å². The van der Waals surface area contributed by atoms with Gasteiger partial charge < -0.3 is 9.47 Å². The third kappa shape index (κ3) is 3.16. The Kier molecular flexibility index (Phi) is 4.88. The third-order valence-electron chi connectivity index (χ3n) is 4.71. The van der Waals surface area contributed by atoms with Gasteiger partial charge in [0.1, 0.15) is 5.75 Å². The summed E-state index contributed by atoms with van der Waals surface area (Å²) in [5.74, 6) is -0.169. The highest BCUT2D eigenvalue weighted by molar-refractivity contribution is 6.13. The molecule has 0 heterocycles. The van der Waals surface area contributed by atoms with Gasteiger partial charge in [-0.15, -0.1) is 0 Å². The van der Waals surface area contributed by atoms with Gasteiger partial charge in [0.15, 0.2) is 5.78 Å². The van der Waals surface area contributed by atoms with Crippen LogP contribution >= 0.6 is 0 Å². The van der Waals surface area contributed by atoms with Crippen molar-refractivity contribution in [3.8, 4) is 5.75 Å². The summed E-state index contributed by atoms with van der Waals surface area (Å²) in [5.41, 5.74) is 4.14. The van der Waals surface area contributed by atoms with Crippen LogP contribution in [0.1, 0.15) is 52.4 Å². The van der Waals surface area contributed by atoms with Gasteiger partial charge in [-0.25, -0.2) is 0 Å². The number of benzene rings is 2. The van der Waals surface area contributed by atoms with Gasteiger partial charge in [0, 0.05) is 5.56 Å². The van der Waals surface area contributed by atoms with Crippen LogP contribution in [0.3, 0.4) is 0 Å². The van der Waals surface area contributed by atoms with Gasteiger partial charge in [-0.3, -0.25) is 9.59 Å². The number of carbonyl (C=O) groups is 2. The van der Waals surface area contributed by atoms with E-state index in [2.05, 4.69) is 0 Å². The van der Waals surface area contributed by atoms with Crippen molar-refractivity contribution in [3.63, 3.8) is 0 Å². The summed E-state index contributed by atoms with van der Waals surface area (Å²) < 4.78 is 10.6. The molecule has 2 aromatic rings. The van der Waals surface area contributed by atoms with E-state index in [1.54, 1.807) is 13.0 Å². The zero-order valence-corrected chi connectivity index (χ0v) is 14.8. The molecule has 1 atom stereocenters. The van der Waals surface area contributed by atoms with Crippen molar-refractivity contribution in [1.82, 2.24) is 0 Å². The first kappa shape index (κ1) is 17.2. The normalized spacial score (nSPS) is 14.1. The Morgan fingerprint density at radius 1 is 1.16 bits per heavy atom. The first-order valence-corrected chi connectivity index (χ1v) is 8.56. The summed E-state index contributed by atoms with van der Waals surface area (Å²) in [6.45, 7) is 4.14. The van der Waals surface area contributed by atoms with E-state index in [1.807, 2.05) is 37.3 Å². The average molecular weight is 338 g/mol. The van der Waals surface area contributed by atoms with Crippen molar-refractivity contribution >= 4 is 11.8 Å². The molecule has 130 valence electrons. The fourth-order valence-electron chi connectivity index (χ4n) is 3.35. The molecule has 0 N–H and O–H groups in total. The fourth-order valence-corrected chi connectivity index (χ4v) is 3.35. The second-order valence-corrected chi connectivity index (χ2v) is 6.22. The number of hydrogen-bond donors (Lipinski definition) is 0. The summed E-state index contributed by atoms with van der Waals surface area (Å²) in [6.07, 6.45) is 1.52. The van der Waals surface area contributed by atoms with Crippen LogP contribution < -0.4 is 4.74 Å². The van der Waals surface area contributed by atoms with Crippen molar-refractivity contribution in [2.75, 3.05) is 13.7 Å². The van der Waals surface area contributed by atoms with Crippen LogP contribution in [0.5, 0.6) is 5.75 Å². The molecule has 1 unspecified atom stereocenters. The maximum atomic E-state index is 13.1. The molecular formula is C21H22O4. The molecule has 3 rings (SSSR count). The lowest BCUT2D eigenvalue weighted by molar-refractivity contribution is -0.141. The fraction of sp³-hybridized carbons (Fsp3) is 0.333. The monoisotopic (exact) mass is 338 g/mol. The zero-order chi connectivity index (χ0) is 18.0. The smallest absolute Gasteiger partial charge is 0.312 e. The highest BCUT2D eigenvalue weighted by Gasteiger charge is 2.27. The summed E-state index contributed by atoms with van der Waals surface area (Å²) in [6, 6.07) is 11.5. The van der Waals surface area contributed by atoms with Gasteiger partial charge in [0.05, 0.1) is 25.2 Å². The molecule has 4 nitrogen and oxygen atoms in total. The molecule has 0 bridgehead atoms. The Morgan fingerprint density at radius 2 is 1.88 bits per heavy atom. The Balaban J connectivity index is 2.15. The highest BCUT2D eigenvalue weighted by Crippen LogP contribution is 2.34. The highest BCUT2D eigenvalue weighted by atomic mass is 16.5. The standard InChI is InChI=1S/C21H22O4/c1-4-25-18-12-16(13(2)21(23)24-3)11-15-10-9-14-7-5-6-8-17(14)20(22)19(15)18/h5-8,11-13H,4,9-10H2,1-3H3. The largest absolute Gasteiger partial charge is 0.493 e. The number of esters is 1. The van der Waals surface area contributed by atoms with Crippen molar-refractivity contribution in [2.24, 2.45) is 0 Å². The topological polar surface area (TPSA) is 52.6 Å². The van der Waals surface area contributed by atoms with Crippen LogP contribution in [0.15, 0.2) is 36.4 Å². The van der Waals surface area contributed by atoms with Gasteiger partial charge in [-0.05, 0) is 49.4 Å². The van der Waals surface area contributed by atoms with Gasteiger partial charge >= 0.3 is 5.97 Å². The maximum absolute atomic E-state index is 13.1. The zero-order valence-electron chi connectivity index (χ0n) is 14.8. The van der Waals surface area contributed by atoms with Crippen molar-refractivity contribution in [1.29, 1.82) is 0 Å². The van der Waals surface area contributed by atoms with Crippen LogP contribution in [0.2, 0.25) is 0 Å². The average Bonchev–Trinajstić information content (AvgIpc) is 2.78. The van der Waals surface area contributed by atoms with Crippen LogP contribution in [-0.2, 0) is 22.4 Å². The van der Waals surface area contributed by atoms with Crippen LogP contribution in [0.4, 0.5) is 0 Å². The second kappa shape index (κ2) is 7.09. The molecule has 0 radical (unpaired) electrons. The first-order valence-electron chi connectivity index (χ1n) is 8.56. The van der Waals surface area contributed by atoms with E-state index in [0.717, 1.165) is 35.1 Å². The number of fused-ring (bicyclic) bond motifs is 2. The van der Waals surface area contributed by atoms with Crippen LogP contribution in [-0.4, -0.2) is 25.5 Å². The van der Waals surface area contributed by atoms with Gasteiger partial charge in [0.25, 0.3) is 0 Å². The summed E-state index contributed by atoms with van der Waals surface area (Å²) in [4.78, 5) is 25.1. The van der Waals surface area contributed by atoms with E-state index in [1.165, 1.54) is 7.11 Å². The first-order chi connectivity index (χ1) is 12.1. The Bertz CT molecular complexity index is 823. The lowest BCUT2D eigenvalue weighted by atomic mass is 9.92. The molecule has 0 fully saturated rings. The number of hydrogen-bond acceptors (Lipinski definition) is 4. The minimum atomic E-state index is -0.407. The van der Waals surface area contributed by atoms with E-state index in [4.69, 9.17) is 9.47 Å². The van der Waals surface area contributed by atoms with E-state index < -0.39 is 5.92 Å². The number of ether oxygens (including phenoxy) is 2. The minimum Gasteiger partial charge on any atom is -0.493 e. The molecule has 0 saturated heterocycles. The van der Waals surface area contributed by atoms with Gasteiger partial charge in [-0.2, -0.15) is 0 Å². The van der Waals surface area contributed by atoms with Crippen molar-refractivity contribution < 1.29 is 19.1 Å². The second-order valence-electron chi connectivity index (χ2n) is 6.22.